The molecule has 0 saturated heterocycles. The largest absolute Gasteiger partial charge is 0.481 e. The topological polar surface area (TPSA) is 66.4 Å². The lowest BCUT2D eigenvalue weighted by atomic mass is 9.86. The summed E-state index contributed by atoms with van der Waals surface area (Å²) in [5.74, 6) is -0.854. The van der Waals surface area contributed by atoms with E-state index in [1.54, 1.807) is 0 Å². The van der Waals surface area contributed by atoms with Gasteiger partial charge in [0.15, 0.2) is 0 Å². The average molecular weight is 289 g/mol. The van der Waals surface area contributed by atoms with Gasteiger partial charge in [-0.1, -0.05) is 45.0 Å². The minimum Gasteiger partial charge on any atom is -0.481 e. The van der Waals surface area contributed by atoms with E-state index in [4.69, 9.17) is 5.11 Å². The van der Waals surface area contributed by atoms with E-state index >= 15 is 0 Å². The van der Waals surface area contributed by atoms with Crippen molar-refractivity contribution in [3.8, 4) is 0 Å². The van der Waals surface area contributed by atoms with Gasteiger partial charge in [-0.05, 0) is 29.4 Å². The summed E-state index contributed by atoms with van der Waals surface area (Å²) in [6.45, 7) is 6.39. The molecule has 0 spiro atoms. The summed E-state index contributed by atoms with van der Waals surface area (Å²) >= 11 is 0. The lowest BCUT2D eigenvalue weighted by Crippen LogP contribution is -2.31. The second kappa shape index (κ2) is 5.88. The SMILES string of the molecule is CC(C)(C)c1ccc(C(CC(=O)O)NC(=O)C2CC2)cc1. The van der Waals surface area contributed by atoms with Crippen LogP contribution in [0.3, 0.4) is 0 Å². The summed E-state index contributed by atoms with van der Waals surface area (Å²) in [5.41, 5.74) is 2.09. The highest BCUT2D eigenvalue weighted by molar-refractivity contribution is 5.82. The fourth-order valence-corrected chi connectivity index (χ4v) is 2.28. The van der Waals surface area contributed by atoms with Gasteiger partial charge in [-0.15, -0.1) is 0 Å². The van der Waals surface area contributed by atoms with Gasteiger partial charge in [0.2, 0.25) is 5.91 Å². The third-order valence-electron chi connectivity index (χ3n) is 3.82. The quantitative estimate of drug-likeness (QED) is 0.875. The highest BCUT2D eigenvalue weighted by Gasteiger charge is 2.31. The number of amides is 1. The van der Waals surface area contributed by atoms with Crippen molar-refractivity contribution in [2.45, 2.75) is 51.5 Å². The number of aliphatic carboxylic acids is 1. The van der Waals surface area contributed by atoms with Crippen molar-refractivity contribution in [2.75, 3.05) is 0 Å². The Bertz CT molecular complexity index is 524. The molecule has 2 rings (SSSR count). The molecule has 1 fully saturated rings. The Balaban J connectivity index is 2.15. The van der Waals surface area contributed by atoms with Gasteiger partial charge >= 0.3 is 5.97 Å². The number of nitrogens with one attached hydrogen (secondary N) is 1. The van der Waals surface area contributed by atoms with E-state index in [2.05, 4.69) is 26.1 Å². The van der Waals surface area contributed by atoms with Gasteiger partial charge < -0.3 is 10.4 Å². The highest BCUT2D eigenvalue weighted by Crippen LogP contribution is 2.31. The smallest absolute Gasteiger partial charge is 0.305 e. The monoisotopic (exact) mass is 289 g/mol. The number of carboxylic acids is 1. The molecule has 114 valence electrons. The van der Waals surface area contributed by atoms with Gasteiger partial charge in [0.1, 0.15) is 0 Å². The van der Waals surface area contributed by atoms with E-state index in [1.807, 2.05) is 24.3 Å². The molecule has 1 atom stereocenters. The molecule has 2 N–H and O–H groups in total. The third kappa shape index (κ3) is 4.31. The van der Waals surface area contributed by atoms with E-state index in [9.17, 15) is 9.59 Å². The van der Waals surface area contributed by atoms with E-state index in [1.165, 1.54) is 5.56 Å². The van der Waals surface area contributed by atoms with E-state index in [-0.39, 0.29) is 23.7 Å². The minimum atomic E-state index is -0.906. The number of rotatable bonds is 5. The Morgan fingerprint density at radius 3 is 2.24 bits per heavy atom. The Morgan fingerprint density at radius 2 is 1.81 bits per heavy atom. The van der Waals surface area contributed by atoms with Gasteiger partial charge in [-0.25, -0.2) is 0 Å². The molecule has 1 aliphatic carbocycles. The van der Waals surface area contributed by atoms with Gasteiger partial charge in [-0.2, -0.15) is 0 Å². The molecule has 0 aliphatic heterocycles. The van der Waals surface area contributed by atoms with Crippen LogP contribution in [-0.2, 0) is 15.0 Å². The number of hydrogen-bond donors (Lipinski definition) is 2. The Morgan fingerprint density at radius 1 is 1.24 bits per heavy atom. The van der Waals surface area contributed by atoms with Crippen LogP contribution in [-0.4, -0.2) is 17.0 Å². The van der Waals surface area contributed by atoms with Crippen LogP contribution in [0.15, 0.2) is 24.3 Å². The molecule has 4 nitrogen and oxygen atoms in total. The standard InChI is InChI=1S/C17H23NO3/c1-17(2,3)13-8-6-11(7-9-13)14(10-15(19)20)18-16(21)12-4-5-12/h6-9,12,14H,4-5,10H2,1-3H3,(H,18,21)(H,19,20). The molecule has 21 heavy (non-hydrogen) atoms. The van der Waals surface area contributed by atoms with Crippen molar-refractivity contribution in [1.82, 2.24) is 5.32 Å². The van der Waals surface area contributed by atoms with E-state index in [0.717, 1.165) is 18.4 Å². The summed E-state index contributed by atoms with van der Waals surface area (Å²) < 4.78 is 0. The molecular weight excluding hydrogens is 266 g/mol. The first kappa shape index (κ1) is 15.5. The minimum absolute atomic E-state index is 0.0267. The van der Waals surface area contributed by atoms with Crippen LogP contribution in [0.4, 0.5) is 0 Å². The molecule has 4 heteroatoms. The van der Waals surface area contributed by atoms with Crippen LogP contribution in [0, 0.1) is 5.92 Å². The maximum absolute atomic E-state index is 11.9. The van der Waals surface area contributed by atoms with Crippen molar-refractivity contribution in [3.63, 3.8) is 0 Å². The van der Waals surface area contributed by atoms with Crippen LogP contribution >= 0.6 is 0 Å². The first-order chi connectivity index (χ1) is 9.77. The first-order valence-electron chi connectivity index (χ1n) is 7.40. The maximum Gasteiger partial charge on any atom is 0.305 e. The van der Waals surface area contributed by atoms with Crippen LogP contribution < -0.4 is 5.32 Å². The number of hydrogen-bond acceptors (Lipinski definition) is 2. The van der Waals surface area contributed by atoms with E-state index < -0.39 is 12.0 Å². The highest BCUT2D eigenvalue weighted by atomic mass is 16.4. The lowest BCUT2D eigenvalue weighted by Gasteiger charge is -2.21. The molecular formula is C17H23NO3. The molecule has 1 aromatic carbocycles. The van der Waals surface area contributed by atoms with Crippen molar-refractivity contribution in [1.29, 1.82) is 0 Å². The Hall–Kier alpha value is -1.84. The molecule has 0 radical (unpaired) electrons. The zero-order chi connectivity index (χ0) is 15.6. The fraction of sp³-hybridized carbons (Fsp3) is 0.529. The summed E-state index contributed by atoms with van der Waals surface area (Å²) in [6, 6.07) is 7.40. The molecule has 1 amide bonds. The summed E-state index contributed by atoms with van der Waals surface area (Å²) in [5, 5.41) is 11.9. The number of carboxylic acid groups (broad SMARTS) is 1. The lowest BCUT2D eigenvalue weighted by molar-refractivity contribution is -0.137. The van der Waals surface area contributed by atoms with Crippen molar-refractivity contribution in [2.24, 2.45) is 5.92 Å². The fourth-order valence-electron chi connectivity index (χ4n) is 2.28. The molecule has 1 aromatic rings. The number of benzene rings is 1. The Kier molecular flexibility index (Phi) is 4.35. The predicted octanol–water partition coefficient (Wildman–Crippen LogP) is 3.03. The third-order valence-corrected chi connectivity index (χ3v) is 3.82. The van der Waals surface area contributed by atoms with Gasteiger partial charge in [0.25, 0.3) is 0 Å². The van der Waals surface area contributed by atoms with Crippen molar-refractivity contribution >= 4 is 11.9 Å². The van der Waals surface area contributed by atoms with Crippen LogP contribution in [0.1, 0.15) is 57.2 Å². The average Bonchev–Trinajstić information content (AvgIpc) is 3.20. The van der Waals surface area contributed by atoms with Gasteiger partial charge in [0, 0.05) is 5.92 Å². The molecule has 0 aromatic heterocycles. The molecule has 1 aliphatic rings. The second-order valence-electron chi connectivity index (χ2n) is 6.81. The molecule has 0 heterocycles. The molecule has 0 bridgehead atoms. The van der Waals surface area contributed by atoms with Crippen LogP contribution in [0.2, 0.25) is 0 Å². The summed E-state index contributed by atoms with van der Waals surface area (Å²) in [6.07, 6.45) is 1.73. The van der Waals surface area contributed by atoms with E-state index in [0.29, 0.717) is 0 Å². The Labute approximate surface area is 125 Å². The van der Waals surface area contributed by atoms with Crippen LogP contribution in [0.5, 0.6) is 0 Å². The second-order valence-corrected chi connectivity index (χ2v) is 6.81. The first-order valence-corrected chi connectivity index (χ1v) is 7.40. The van der Waals surface area contributed by atoms with Gasteiger partial charge in [-0.3, -0.25) is 9.59 Å². The summed E-state index contributed by atoms with van der Waals surface area (Å²) in [4.78, 5) is 22.9. The van der Waals surface area contributed by atoms with Gasteiger partial charge in [0.05, 0.1) is 12.5 Å². The number of carbonyl (C=O) groups is 2. The zero-order valence-corrected chi connectivity index (χ0v) is 12.8. The van der Waals surface area contributed by atoms with Crippen molar-refractivity contribution < 1.29 is 14.7 Å². The normalized spacial score (nSPS) is 16.3. The van der Waals surface area contributed by atoms with Crippen molar-refractivity contribution in [3.05, 3.63) is 35.4 Å². The number of carbonyl (C=O) groups excluding carboxylic acids is 1. The molecule has 1 saturated carbocycles. The zero-order valence-electron chi connectivity index (χ0n) is 12.8. The van der Waals surface area contributed by atoms with Crippen LogP contribution in [0.25, 0.3) is 0 Å². The predicted molar refractivity (Wildman–Crippen MR) is 81.0 cm³/mol. The summed E-state index contributed by atoms with van der Waals surface area (Å²) in [7, 11) is 0. The maximum atomic E-state index is 11.9. The molecule has 1 unspecified atom stereocenters.